The van der Waals surface area contributed by atoms with Crippen LogP contribution in [0.2, 0.25) is 4.47 Å². The van der Waals surface area contributed by atoms with Crippen LogP contribution >= 0.6 is 22.9 Å². The first-order valence-corrected chi connectivity index (χ1v) is 7.65. The SMILES string of the molecule is Cc1nc(Cl)sc1S(=O)(=O)N(C)Cc1ccoc1. The second kappa shape index (κ2) is 5.00. The third-order valence-electron chi connectivity index (χ3n) is 2.36. The Morgan fingerprint density at radius 1 is 1.56 bits per heavy atom. The number of rotatable bonds is 4. The van der Waals surface area contributed by atoms with Crippen LogP contribution in [-0.2, 0) is 16.6 Å². The van der Waals surface area contributed by atoms with E-state index in [0.29, 0.717) is 5.69 Å². The number of furan rings is 1. The molecule has 2 rings (SSSR count). The zero-order valence-electron chi connectivity index (χ0n) is 9.75. The molecule has 2 aromatic rings. The van der Waals surface area contributed by atoms with E-state index in [0.717, 1.165) is 16.9 Å². The van der Waals surface area contributed by atoms with Gasteiger partial charge in [-0.15, -0.1) is 0 Å². The monoisotopic (exact) mass is 306 g/mol. The van der Waals surface area contributed by atoms with Gasteiger partial charge in [-0.25, -0.2) is 13.4 Å². The number of nitrogens with zero attached hydrogens (tertiary/aromatic N) is 2. The first kappa shape index (κ1) is 13.5. The van der Waals surface area contributed by atoms with Crippen molar-refractivity contribution in [3.8, 4) is 0 Å². The molecule has 0 unspecified atom stereocenters. The van der Waals surface area contributed by atoms with Crippen LogP contribution < -0.4 is 0 Å². The van der Waals surface area contributed by atoms with E-state index in [9.17, 15) is 8.42 Å². The molecule has 0 atom stereocenters. The number of halogens is 1. The zero-order valence-corrected chi connectivity index (χ0v) is 12.1. The lowest BCUT2D eigenvalue weighted by Gasteiger charge is -2.15. The second-order valence-electron chi connectivity index (χ2n) is 3.73. The van der Waals surface area contributed by atoms with Crippen molar-refractivity contribution in [2.45, 2.75) is 17.7 Å². The van der Waals surface area contributed by atoms with Gasteiger partial charge in [0.2, 0.25) is 0 Å². The summed E-state index contributed by atoms with van der Waals surface area (Å²) < 4.78 is 31.2. The van der Waals surface area contributed by atoms with Crippen molar-refractivity contribution in [2.75, 3.05) is 7.05 Å². The summed E-state index contributed by atoms with van der Waals surface area (Å²) in [6.07, 6.45) is 3.02. The van der Waals surface area contributed by atoms with Crippen LogP contribution in [-0.4, -0.2) is 24.8 Å². The molecule has 0 spiro atoms. The lowest BCUT2D eigenvalue weighted by Crippen LogP contribution is -2.26. The maximum absolute atomic E-state index is 12.3. The van der Waals surface area contributed by atoms with Crippen LogP contribution in [0.3, 0.4) is 0 Å². The predicted octanol–water partition coefficient (Wildman–Crippen LogP) is 2.52. The van der Waals surface area contributed by atoms with Gasteiger partial charge in [-0.1, -0.05) is 22.9 Å². The minimum atomic E-state index is -3.56. The van der Waals surface area contributed by atoms with E-state index < -0.39 is 10.0 Å². The summed E-state index contributed by atoms with van der Waals surface area (Å²) in [6, 6.07) is 1.72. The molecule has 0 aliphatic carbocycles. The molecule has 8 heteroatoms. The molecule has 2 aromatic heterocycles. The molecule has 98 valence electrons. The molecule has 0 aliphatic heterocycles. The van der Waals surface area contributed by atoms with Gasteiger partial charge in [0.05, 0.1) is 18.2 Å². The Morgan fingerprint density at radius 2 is 2.28 bits per heavy atom. The highest BCUT2D eigenvalue weighted by molar-refractivity contribution is 7.91. The van der Waals surface area contributed by atoms with Gasteiger partial charge in [0.15, 0.2) is 8.68 Å². The molecule has 0 saturated heterocycles. The van der Waals surface area contributed by atoms with Crippen molar-refractivity contribution in [1.29, 1.82) is 0 Å². The molecule has 0 aromatic carbocycles. The lowest BCUT2D eigenvalue weighted by molar-refractivity contribution is 0.464. The average Bonchev–Trinajstić information content (AvgIpc) is 2.88. The van der Waals surface area contributed by atoms with Crippen molar-refractivity contribution >= 4 is 33.0 Å². The molecule has 5 nitrogen and oxygen atoms in total. The van der Waals surface area contributed by atoms with E-state index in [-0.39, 0.29) is 15.2 Å². The van der Waals surface area contributed by atoms with Crippen molar-refractivity contribution in [1.82, 2.24) is 9.29 Å². The van der Waals surface area contributed by atoms with Crippen molar-refractivity contribution in [3.63, 3.8) is 0 Å². The minimum absolute atomic E-state index is 0.179. The van der Waals surface area contributed by atoms with E-state index in [1.165, 1.54) is 23.9 Å². The molecule has 0 aliphatic rings. The molecular formula is C10H11ClN2O3S2. The Kier molecular flexibility index (Phi) is 3.76. The standard InChI is InChI=1S/C10H11ClN2O3S2/c1-7-9(17-10(11)12-7)18(14,15)13(2)5-8-3-4-16-6-8/h3-4,6H,5H2,1-2H3. The molecule has 0 amide bonds. The third kappa shape index (κ3) is 2.59. The molecule has 0 radical (unpaired) electrons. The van der Waals surface area contributed by atoms with E-state index in [4.69, 9.17) is 16.0 Å². The van der Waals surface area contributed by atoms with Crippen molar-refractivity contribution < 1.29 is 12.8 Å². The number of hydrogen-bond acceptors (Lipinski definition) is 5. The summed E-state index contributed by atoms with van der Waals surface area (Å²) in [5, 5.41) is 0. The first-order chi connectivity index (χ1) is 8.41. The average molecular weight is 307 g/mol. The topological polar surface area (TPSA) is 63.4 Å². The summed E-state index contributed by atoms with van der Waals surface area (Å²) in [5.41, 5.74) is 1.21. The van der Waals surface area contributed by atoms with E-state index in [1.807, 2.05) is 0 Å². The van der Waals surface area contributed by atoms with Crippen molar-refractivity contribution in [3.05, 3.63) is 34.3 Å². The maximum atomic E-state index is 12.3. The predicted molar refractivity (Wildman–Crippen MR) is 69.2 cm³/mol. The maximum Gasteiger partial charge on any atom is 0.254 e. The fourth-order valence-electron chi connectivity index (χ4n) is 1.46. The molecule has 0 N–H and O–H groups in total. The summed E-state index contributed by atoms with van der Waals surface area (Å²) in [5.74, 6) is 0. The number of sulfonamides is 1. The summed E-state index contributed by atoms with van der Waals surface area (Å²) in [7, 11) is -2.05. The zero-order chi connectivity index (χ0) is 13.3. The van der Waals surface area contributed by atoms with E-state index in [2.05, 4.69) is 4.98 Å². The van der Waals surface area contributed by atoms with Gasteiger partial charge < -0.3 is 4.42 Å². The summed E-state index contributed by atoms with van der Waals surface area (Å²) in [6.45, 7) is 1.87. The van der Waals surface area contributed by atoms with Crippen LogP contribution in [0.5, 0.6) is 0 Å². The van der Waals surface area contributed by atoms with Crippen LogP contribution in [0.4, 0.5) is 0 Å². The van der Waals surface area contributed by atoms with Gasteiger partial charge in [0.25, 0.3) is 10.0 Å². The molecule has 0 saturated carbocycles. The van der Waals surface area contributed by atoms with Gasteiger partial charge in [-0.2, -0.15) is 4.31 Å². The Hall–Kier alpha value is -0.890. The first-order valence-electron chi connectivity index (χ1n) is 5.01. The van der Waals surface area contributed by atoms with E-state index in [1.54, 1.807) is 13.0 Å². The molecule has 0 fully saturated rings. The van der Waals surface area contributed by atoms with Gasteiger partial charge in [0.1, 0.15) is 0 Å². The molecule has 18 heavy (non-hydrogen) atoms. The van der Waals surface area contributed by atoms with Crippen LogP contribution in [0, 0.1) is 6.92 Å². The minimum Gasteiger partial charge on any atom is -0.472 e. The smallest absolute Gasteiger partial charge is 0.254 e. The van der Waals surface area contributed by atoms with Gasteiger partial charge >= 0.3 is 0 Å². The quantitative estimate of drug-likeness (QED) is 0.870. The van der Waals surface area contributed by atoms with Gasteiger partial charge in [0, 0.05) is 19.2 Å². The fourth-order valence-corrected chi connectivity index (χ4v) is 4.54. The second-order valence-corrected chi connectivity index (χ2v) is 7.55. The highest BCUT2D eigenvalue weighted by Crippen LogP contribution is 2.29. The Labute approximate surface area is 114 Å². The van der Waals surface area contributed by atoms with Crippen molar-refractivity contribution in [2.24, 2.45) is 0 Å². The third-order valence-corrected chi connectivity index (χ3v) is 6.01. The van der Waals surface area contributed by atoms with Crippen LogP contribution in [0.1, 0.15) is 11.3 Å². The lowest BCUT2D eigenvalue weighted by atomic mass is 10.3. The number of aromatic nitrogens is 1. The van der Waals surface area contributed by atoms with Gasteiger partial charge in [-0.3, -0.25) is 0 Å². The Balaban J connectivity index is 2.28. The normalized spacial score (nSPS) is 12.2. The number of thiazole rings is 1. The van der Waals surface area contributed by atoms with Crippen LogP contribution in [0.25, 0.3) is 0 Å². The number of aryl methyl sites for hydroxylation is 1. The van der Waals surface area contributed by atoms with Crippen LogP contribution in [0.15, 0.2) is 27.2 Å². The van der Waals surface area contributed by atoms with E-state index >= 15 is 0 Å². The fraction of sp³-hybridized carbons (Fsp3) is 0.300. The van der Waals surface area contributed by atoms with Gasteiger partial charge in [-0.05, 0) is 13.0 Å². The highest BCUT2D eigenvalue weighted by atomic mass is 35.5. The molecule has 0 bridgehead atoms. The molecular weight excluding hydrogens is 296 g/mol. The largest absolute Gasteiger partial charge is 0.472 e. The summed E-state index contributed by atoms with van der Waals surface area (Å²) >= 11 is 6.69. The summed E-state index contributed by atoms with van der Waals surface area (Å²) in [4.78, 5) is 3.92. The Morgan fingerprint density at radius 3 is 2.78 bits per heavy atom. The Bertz CT molecular complexity index is 634. The number of hydrogen-bond donors (Lipinski definition) is 0. The molecule has 2 heterocycles. The highest BCUT2D eigenvalue weighted by Gasteiger charge is 2.26.